The van der Waals surface area contributed by atoms with E-state index in [-0.39, 0.29) is 11.9 Å². The Morgan fingerprint density at radius 2 is 2.39 bits per heavy atom. The van der Waals surface area contributed by atoms with Crippen LogP contribution in [0.4, 0.5) is 0 Å². The Bertz CT molecular complexity index is 554. The van der Waals surface area contributed by atoms with E-state index >= 15 is 0 Å². The minimum atomic E-state index is -0.0619. The summed E-state index contributed by atoms with van der Waals surface area (Å²) < 4.78 is 0.310. The fourth-order valence-electron chi connectivity index (χ4n) is 2.24. The molecule has 4 nitrogen and oxygen atoms in total. The van der Waals surface area contributed by atoms with Crippen LogP contribution >= 0.6 is 34.3 Å². The Kier molecular flexibility index (Phi) is 3.32. The fraction of sp³-hybridized carbons (Fsp3) is 0.364. The molecule has 1 fully saturated rings. The van der Waals surface area contributed by atoms with Crippen molar-refractivity contribution in [3.8, 4) is 0 Å². The number of nitrogens with zero attached hydrogens (tertiary/aromatic N) is 3. The van der Waals surface area contributed by atoms with Crippen molar-refractivity contribution in [3.63, 3.8) is 0 Å². The van der Waals surface area contributed by atoms with Crippen molar-refractivity contribution in [1.29, 1.82) is 0 Å². The van der Waals surface area contributed by atoms with Gasteiger partial charge in [-0.2, -0.15) is 11.3 Å². The predicted molar refractivity (Wildman–Crippen MR) is 72.2 cm³/mol. The van der Waals surface area contributed by atoms with E-state index in [0.29, 0.717) is 9.47 Å². The van der Waals surface area contributed by atoms with Crippen molar-refractivity contribution in [2.75, 3.05) is 6.54 Å². The van der Waals surface area contributed by atoms with E-state index in [0.717, 1.165) is 30.7 Å². The highest BCUT2D eigenvalue weighted by atomic mass is 35.5. The first-order valence-corrected chi connectivity index (χ1v) is 7.71. The Morgan fingerprint density at radius 1 is 1.50 bits per heavy atom. The monoisotopic (exact) mass is 299 g/mol. The van der Waals surface area contributed by atoms with Crippen LogP contribution < -0.4 is 0 Å². The van der Waals surface area contributed by atoms with E-state index in [4.69, 9.17) is 11.6 Å². The van der Waals surface area contributed by atoms with Crippen molar-refractivity contribution >= 4 is 40.2 Å². The predicted octanol–water partition coefficient (Wildman–Crippen LogP) is 3.23. The molecule has 7 heteroatoms. The molecule has 94 valence electrons. The molecule has 3 heterocycles. The largest absolute Gasteiger partial charge is 0.329 e. The summed E-state index contributed by atoms with van der Waals surface area (Å²) in [4.78, 5) is 14.2. The van der Waals surface area contributed by atoms with Gasteiger partial charge in [0.15, 0.2) is 0 Å². The number of halogens is 1. The van der Waals surface area contributed by atoms with Crippen LogP contribution in [0.25, 0.3) is 0 Å². The van der Waals surface area contributed by atoms with Gasteiger partial charge in [-0.1, -0.05) is 11.3 Å². The quantitative estimate of drug-likeness (QED) is 0.855. The summed E-state index contributed by atoms with van der Waals surface area (Å²) in [5.41, 5.74) is 1.21. The summed E-state index contributed by atoms with van der Waals surface area (Å²) in [6.45, 7) is 0.774. The van der Waals surface area contributed by atoms with Crippen molar-refractivity contribution in [1.82, 2.24) is 15.1 Å². The summed E-state index contributed by atoms with van der Waals surface area (Å²) in [5, 5.41) is 12.0. The van der Waals surface area contributed by atoms with Gasteiger partial charge in [0.05, 0.1) is 6.04 Å². The number of thiophene rings is 1. The molecule has 0 spiro atoms. The summed E-state index contributed by atoms with van der Waals surface area (Å²) >= 11 is 8.52. The third-order valence-corrected chi connectivity index (χ3v) is 4.73. The number of hydrogen-bond donors (Lipinski definition) is 0. The Hall–Kier alpha value is -0.980. The second-order valence-corrected chi connectivity index (χ2v) is 6.41. The van der Waals surface area contributed by atoms with Crippen molar-refractivity contribution in [3.05, 3.63) is 31.9 Å². The lowest BCUT2D eigenvalue weighted by molar-refractivity contribution is 0.0734. The van der Waals surface area contributed by atoms with Crippen molar-refractivity contribution in [2.24, 2.45) is 0 Å². The maximum absolute atomic E-state index is 12.3. The molecule has 0 aliphatic carbocycles. The average molecular weight is 300 g/mol. The molecule has 1 aliphatic heterocycles. The van der Waals surface area contributed by atoms with E-state index < -0.39 is 0 Å². The Morgan fingerprint density at radius 3 is 3.06 bits per heavy atom. The molecular weight excluding hydrogens is 290 g/mol. The first-order chi connectivity index (χ1) is 8.75. The number of amides is 1. The van der Waals surface area contributed by atoms with Gasteiger partial charge in [0.1, 0.15) is 0 Å². The number of likely N-dealkylation sites (tertiary alicyclic amines) is 1. The molecule has 0 saturated carbocycles. The molecule has 0 N–H and O–H groups in total. The second-order valence-electron chi connectivity index (χ2n) is 4.07. The number of carbonyl (C=O) groups excluding carboxylic acids is 1. The minimum absolute atomic E-state index is 0.0619. The lowest BCUT2D eigenvalue weighted by atomic mass is 10.1. The number of hydrogen-bond acceptors (Lipinski definition) is 5. The molecule has 1 amide bonds. The van der Waals surface area contributed by atoms with E-state index in [1.54, 1.807) is 11.3 Å². The molecule has 0 bridgehead atoms. The standard InChI is InChI=1S/C11H10ClN3OS2/c12-11-14-13-9(18-11)10(16)15-4-1-2-8(15)7-3-5-17-6-7/h3,5-6,8H,1-2,4H2. The number of aromatic nitrogens is 2. The molecule has 2 aromatic heterocycles. The van der Waals surface area contributed by atoms with E-state index in [1.807, 2.05) is 10.3 Å². The Labute approximate surface area is 117 Å². The van der Waals surface area contributed by atoms with Gasteiger partial charge < -0.3 is 4.90 Å². The topological polar surface area (TPSA) is 46.1 Å². The van der Waals surface area contributed by atoms with Gasteiger partial charge in [-0.05, 0) is 46.8 Å². The van der Waals surface area contributed by atoms with Gasteiger partial charge in [0, 0.05) is 6.54 Å². The Balaban J connectivity index is 1.85. The molecule has 1 saturated heterocycles. The van der Waals surface area contributed by atoms with Gasteiger partial charge >= 0.3 is 0 Å². The number of carbonyl (C=O) groups is 1. The van der Waals surface area contributed by atoms with E-state index in [9.17, 15) is 4.79 Å². The van der Waals surface area contributed by atoms with E-state index in [1.165, 1.54) is 5.56 Å². The zero-order chi connectivity index (χ0) is 12.5. The molecule has 0 aromatic carbocycles. The van der Waals surface area contributed by atoms with Crippen LogP contribution in [-0.4, -0.2) is 27.5 Å². The van der Waals surface area contributed by atoms with Crippen LogP contribution in [0.15, 0.2) is 16.8 Å². The highest BCUT2D eigenvalue weighted by Crippen LogP contribution is 2.34. The zero-order valence-electron chi connectivity index (χ0n) is 9.38. The van der Waals surface area contributed by atoms with Gasteiger partial charge in [-0.3, -0.25) is 4.79 Å². The molecule has 0 radical (unpaired) electrons. The normalized spacial score (nSPS) is 19.4. The molecule has 1 unspecified atom stereocenters. The van der Waals surface area contributed by atoms with Gasteiger partial charge in [-0.25, -0.2) is 0 Å². The first kappa shape index (κ1) is 12.1. The van der Waals surface area contributed by atoms with Crippen molar-refractivity contribution in [2.45, 2.75) is 18.9 Å². The SMILES string of the molecule is O=C(c1nnc(Cl)s1)N1CCCC1c1ccsc1. The van der Waals surface area contributed by atoms with Crippen LogP contribution in [-0.2, 0) is 0 Å². The van der Waals surface area contributed by atoms with Crippen LogP contribution in [0, 0.1) is 0 Å². The highest BCUT2D eigenvalue weighted by molar-refractivity contribution is 7.17. The van der Waals surface area contributed by atoms with Crippen LogP contribution in [0.3, 0.4) is 0 Å². The van der Waals surface area contributed by atoms with Gasteiger partial charge in [0.2, 0.25) is 9.47 Å². The van der Waals surface area contributed by atoms with E-state index in [2.05, 4.69) is 21.6 Å². The van der Waals surface area contributed by atoms with Crippen molar-refractivity contribution < 1.29 is 4.79 Å². The molecule has 18 heavy (non-hydrogen) atoms. The zero-order valence-corrected chi connectivity index (χ0v) is 11.8. The van der Waals surface area contributed by atoms with Gasteiger partial charge in [-0.15, -0.1) is 10.2 Å². The highest BCUT2D eigenvalue weighted by Gasteiger charge is 2.32. The lowest BCUT2D eigenvalue weighted by Crippen LogP contribution is -2.30. The molecule has 2 aromatic rings. The molecular formula is C11H10ClN3OS2. The lowest BCUT2D eigenvalue weighted by Gasteiger charge is -2.22. The molecule has 1 aliphatic rings. The molecule has 1 atom stereocenters. The molecule has 3 rings (SSSR count). The second kappa shape index (κ2) is 4.95. The smallest absolute Gasteiger partial charge is 0.285 e. The van der Waals surface area contributed by atoms with Crippen LogP contribution in [0.5, 0.6) is 0 Å². The van der Waals surface area contributed by atoms with Crippen LogP contribution in [0.2, 0.25) is 4.47 Å². The minimum Gasteiger partial charge on any atom is -0.329 e. The first-order valence-electron chi connectivity index (χ1n) is 5.58. The average Bonchev–Trinajstić information content (AvgIpc) is 3.08. The summed E-state index contributed by atoms with van der Waals surface area (Å²) in [6.07, 6.45) is 2.04. The summed E-state index contributed by atoms with van der Waals surface area (Å²) in [7, 11) is 0. The maximum atomic E-state index is 12.3. The van der Waals surface area contributed by atoms with Gasteiger partial charge in [0.25, 0.3) is 5.91 Å². The summed E-state index contributed by atoms with van der Waals surface area (Å²) in [5.74, 6) is -0.0619. The maximum Gasteiger partial charge on any atom is 0.285 e. The summed E-state index contributed by atoms with van der Waals surface area (Å²) in [6, 6.07) is 2.25. The van der Waals surface area contributed by atoms with Crippen LogP contribution in [0.1, 0.15) is 34.2 Å². The fourth-order valence-corrected chi connectivity index (χ4v) is 3.73. The third-order valence-electron chi connectivity index (χ3n) is 3.02. The third kappa shape index (κ3) is 2.15. The number of rotatable bonds is 2.